The van der Waals surface area contributed by atoms with Crippen molar-refractivity contribution in [2.75, 3.05) is 9.88 Å². The molecular formula is C31H31F3N2Si. The Labute approximate surface area is 217 Å². The monoisotopic (exact) mass is 516 g/mol. The van der Waals surface area contributed by atoms with Crippen molar-refractivity contribution in [2.45, 2.75) is 38.2 Å². The number of allylic oxidation sites excluding steroid dienone is 4. The van der Waals surface area contributed by atoms with Crippen LogP contribution in [0.15, 0.2) is 91.0 Å². The van der Waals surface area contributed by atoms with E-state index in [1.54, 1.807) is 12.1 Å². The second-order valence-corrected chi connectivity index (χ2v) is 15.6. The van der Waals surface area contributed by atoms with E-state index in [2.05, 4.69) is 96.7 Å². The molecule has 1 saturated carbocycles. The Morgan fingerprint density at radius 1 is 0.865 bits per heavy atom. The molecule has 0 spiro atoms. The Bertz CT molecular complexity index is 1340. The average Bonchev–Trinajstić information content (AvgIpc) is 3.23. The van der Waals surface area contributed by atoms with Crippen molar-refractivity contribution in [2.24, 2.45) is 17.8 Å². The predicted octanol–water partition coefficient (Wildman–Crippen LogP) is 9.40. The largest absolute Gasteiger partial charge is 0.416 e. The lowest BCUT2D eigenvalue weighted by Crippen LogP contribution is -2.53. The maximum absolute atomic E-state index is 13.2. The zero-order chi connectivity index (χ0) is 25.9. The molecule has 3 aliphatic rings. The van der Waals surface area contributed by atoms with Crippen LogP contribution in [-0.4, -0.2) is 8.24 Å². The van der Waals surface area contributed by atoms with Gasteiger partial charge in [0.2, 0.25) is 0 Å². The number of nitrogens with one attached hydrogen (secondary N) is 1. The Balaban J connectivity index is 1.37. The Morgan fingerprint density at radius 2 is 1.46 bits per heavy atom. The predicted molar refractivity (Wildman–Crippen MR) is 149 cm³/mol. The summed E-state index contributed by atoms with van der Waals surface area (Å²) in [5.41, 5.74) is 6.67. The first-order chi connectivity index (χ1) is 17.7. The molecular weight excluding hydrogens is 485 g/mol. The van der Waals surface area contributed by atoms with Gasteiger partial charge in [0.05, 0.1) is 28.3 Å². The van der Waals surface area contributed by atoms with Gasteiger partial charge in [-0.05, 0) is 77.3 Å². The smallest absolute Gasteiger partial charge is 0.366 e. The molecule has 1 aliphatic heterocycles. The topological polar surface area (TPSA) is 15.3 Å². The molecule has 6 heteroatoms. The third kappa shape index (κ3) is 3.93. The number of halogens is 3. The maximum atomic E-state index is 13.2. The third-order valence-electron chi connectivity index (χ3n) is 8.62. The van der Waals surface area contributed by atoms with E-state index in [4.69, 9.17) is 0 Å². The SMILES string of the molecule is C[C@@H]1C[C@@H]2C(c3ccc(C(F)(F)F)cc3)=CC=C[C@@H]2C1[Si](C)(C)N1c2ccccc2Nc2ccccc21. The molecule has 3 aromatic rings. The first kappa shape index (κ1) is 24.1. The van der Waals surface area contributed by atoms with Gasteiger partial charge in [0.15, 0.2) is 8.24 Å². The zero-order valence-electron chi connectivity index (χ0n) is 21.3. The quantitative estimate of drug-likeness (QED) is 0.349. The average molecular weight is 517 g/mol. The molecule has 1 unspecified atom stereocenters. The van der Waals surface area contributed by atoms with Crippen LogP contribution >= 0.6 is 0 Å². The van der Waals surface area contributed by atoms with E-state index in [0.717, 1.165) is 23.4 Å². The summed E-state index contributed by atoms with van der Waals surface area (Å²) < 4.78 is 42.1. The van der Waals surface area contributed by atoms with Gasteiger partial charge in [-0.25, -0.2) is 0 Å². The number of hydrogen-bond donors (Lipinski definition) is 1. The maximum Gasteiger partial charge on any atom is 0.416 e. The van der Waals surface area contributed by atoms with Crippen LogP contribution in [0.3, 0.4) is 0 Å². The van der Waals surface area contributed by atoms with E-state index in [9.17, 15) is 13.2 Å². The van der Waals surface area contributed by atoms with Crippen molar-refractivity contribution < 1.29 is 13.2 Å². The highest BCUT2D eigenvalue weighted by Crippen LogP contribution is 2.59. The molecule has 1 fully saturated rings. The lowest BCUT2D eigenvalue weighted by Gasteiger charge is -2.49. The number of hydrogen-bond acceptors (Lipinski definition) is 2. The van der Waals surface area contributed by atoms with Crippen molar-refractivity contribution in [1.29, 1.82) is 0 Å². The number of benzene rings is 3. The molecule has 0 radical (unpaired) electrons. The van der Waals surface area contributed by atoms with Crippen LogP contribution in [0.5, 0.6) is 0 Å². The van der Waals surface area contributed by atoms with Crippen molar-refractivity contribution in [1.82, 2.24) is 0 Å². The van der Waals surface area contributed by atoms with Gasteiger partial charge in [0, 0.05) is 0 Å². The summed E-state index contributed by atoms with van der Waals surface area (Å²) in [6.07, 6.45) is 3.33. The molecule has 37 heavy (non-hydrogen) atoms. The van der Waals surface area contributed by atoms with E-state index >= 15 is 0 Å². The molecule has 6 rings (SSSR count). The number of nitrogens with zero attached hydrogens (tertiary/aromatic N) is 1. The van der Waals surface area contributed by atoms with E-state index in [1.807, 2.05) is 0 Å². The first-order valence-corrected chi connectivity index (χ1v) is 16.0. The zero-order valence-corrected chi connectivity index (χ0v) is 22.3. The van der Waals surface area contributed by atoms with Gasteiger partial charge in [0.25, 0.3) is 0 Å². The summed E-state index contributed by atoms with van der Waals surface area (Å²) in [5.74, 6) is 1.15. The fourth-order valence-electron chi connectivity index (χ4n) is 7.26. The minimum absolute atomic E-state index is 0.307. The molecule has 0 aromatic heterocycles. The standard InChI is InChI=1S/C31H31F3N2Si/c1-20-19-25-23(21-15-17-22(18-16-21)31(32,33)34)9-8-10-24(25)30(20)37(2,3)36-28-13-6-4-11-26(28)35-27-12-5-7-14-29(27)36/h4-18,20,24-25,30,35H,19H2,1-3H3/t20-,24+,25-,30?/m1/s1. The summed E-state index contributed by atoms with van der Waals surface area (Å²) in [7, 11) is -2.14. The molecule has 1 heterocycles. The van der Waals surface area contributed by atoms with E-state index in [0.29, 0.717) is 23.3 Å². The number of fused-ring (bicyclic) bond motifs is 3. The van der Waals surface area contributed by atoms with E-state index < -0.39 is 20.0 Å². The molecule has 4 atom stereocenters. The van der Waals surface area contributed by atoms with Crippen molar-refractivity contribution in [3.05, 3.63) is 102 Å². The van der Waals surface area contributed by atoms with E-state index in [-0.39, 0.29) is 0 Å². The van der Waals surface area contributed by atoms with Gasteiger partial charge in [-0.2, -0.15) is 13.2 Å². The van der Waals surface area contributed by atoms with Gasteiger partial charge in [-0.15, -0.1) is 0 Å². The molecule has 3 aromatic carbocycles. The number of anilines is 4. The fourth-order valence-corrected chi connectivity index (χ4v) is 12.0. The number of para-hydroxylation sites is 4. The first-order valence-electron chi connectivity index (χ1n) is 13.0. The lowest BCUT2D eigenvalue weighted by atomic mass is 9.81. The van der Waals surface area contributed by atoms with Crippen molar-refractivity contribution in [3.63, 3.8) is 0 Å². The van der Waals surface area contributed by atoms with Crippen LogP contribution in [-0.2, 0) is 6.18 Å². The van der Waals surface area contributed by atoms with Crippen molar-refractivity contribution in [3.8, 4) is 0 Å². The summed E-state index contributed by atoms with van der Waals surface area (Å²) >= 11 is 0. The lowest BCUT2D eigenvalue weighted by molar-refractivity contribution is -0.137. The summed E-state index contributed by atoms with van der Waals surface area (Å²) in [4.78, 5) is 0. The minimum atomic E-state index is -4.32. The fraction of sp³-hybridized carbons (Fsp3) is 0.290. The molecule has 0 bridgehead atoms. The molecule has 2 aliphatic carbocycles. The van der Waals surface area contributed by atoms with Crippen LogP contribution in [0.4, 0.5) is 35.9 Å². The number of alkyl halides is 3. The summed E-state index contributed by atoms with van der Waals surface area (Å²) in [5, 5.41) is 3.62. The van der Waals surface area contributed by atoms with E-state index in [1.165, 1.54) is 29.1 Å². The van der Waals surface area contributed by atoms with Crippen LogP contribution in [0.25, 0.3) is 5.57 Å². The Kier molecular flexibility index (Phi) is 5.64. The molecule has 190 valence electrons. The Morgan fingerprint density at radius 3 is 2.05 bits per heavy atom. The minimum Gasteiger partial charge on any atom is -0.366 e. The normalized spacial score (nSPS) is 24.6. The highest BCUT2D eigenvalue weighted by atomic mass is 28.3. The van der Waals surface area contributed by atoms with Gasteiger partial charge in [-0.3, -0.25) is 0 Å². The molecule has 0 amide bonds. The van der Waals surface area contributed by atoms with Gasteiger partial charge >= 0.3 is 6.18 Å². The van der Waals surface area contributed by atoms with Crippen LogP contribution in [0.2, 0.25) is 18.6 Å². The summed E-state index contributed by atoms with van der Waals surface area (Å²) in [6.45, 7) is 7.34. The molecule has 2 nitrogen and oxygen atoms in total. The second-order valence-electron chi connectivity index (χ2n) is 11.2. The number of rotatable bonds is 3. The molecule has 1 N–H and O–H groups in total. The van der Waals surface area contributed by atoms with Gasteiger partial charge in [-0.1, -0.05) is 74.6 Å². The highest BCUT2D eigenvalue weighted by Gasteiger charge is 2.53. The van der Waals surface area contributed by atoms with Crippen LogP contribution in [0.1, 0.15) is 24.5 Å². The molecule has 0 saturated heterocycles. The van der Waals surface area contributed by atoms with Gasteiger partial charge in [0.1, 0.15) is 0 Å². The van der Waals surface area contributed by atoms with Crippen LogP contribution < -0.4 is 9.88 Å². The summed E-state index contributed by atoms with van der Waals surface area (Å²) in [6, 6.07) is 22.8. The second kappa shape index (κ2) is 8.66. The Hall–Kier alpha value is -3.25. The van der Waals surface area contributed by atoms with Gasteiger partial charge < -0.3 is 9.88 Å². The third-order valence-corrected chi connectivity index (χ3v) is 12.8. The highest BCUT2D eigenvalue weighted by molar-refractivity contribution is 6.84. The van der Waals surface area contributed by atoms with Crippen molar-refractivity contribution >= 4 is 36.6 Å². The van der Waals surface area contributed by atoms with Crippen LogP contribution in [0, 0.1) is 17.8 Å².